The summed E-state index contributed by atoms with van der Waals surface area (Å²) in [6, 6.07) is 8.40. The van der Waals surface area contributed by atoms with E-state index in [1.165, 1.54) is 18.4 Å². The minimum absolute atomic E-state index is 0.828. The highest BCUT2D eigenvalue weighted by Crippen LogP contribution is 2.12. The van der Waals surface area contributed by atoms with E-state index < -0.39 is 0 Å². The monoisotopic (exact) mass is 261 g/mol. The first-order chi connectivity index (χ1) is 9.36. The van der Waals surface area contributed by atoms with Gasteiger partial charge in [-0.3, -0.25) is 0 Å². The minimum atomic E-state index is 0.828. The number of hydrogen-bond donors (Lipinski definition) is 1. The Labute approximate surface area is 117 Å². The van der Waals surface area contributed by atoms with Crippen LogP contribution in [0.2, 0.25) is 0 Å². The van der Waals surface area contributed by atoms with Crippen molar-refractivity contribution in [2.75, 3.05) is 13.2 Å². The van der Waals surface area contributed by atoms with Crippen LogP contribution in [-0.4, -0.2) is 13.2 Å². The summed E-state index contributed by atoms with van der Waals surface area (Å²) in [7, 11) is 0. The predicted molar refractivity (Wildman–Crippen MR) is 82.6 cm³/mol. The Morgan fingerprint density at radius 3 is 2.63 bits per heavy atom. The van der Waals surface area contributed by atoms with Gasteiger partial charge in [0.1, 0.15) is 5.75 Å². The zero-order valence-electron chi connectivity index (χ0n) is 12.3. The van der Waals surface area contributed by atoms with E-state index in [0.717, 1.165) is 38.3 Å². The molecule has 0 bridgehead atoms. The second-order valence-electron chi connectivity index (χ2n) is 4.73. The number of rotatable bonds is 10. The van der Waals surface area contributed by atoms with Crippen molar-refractivity contribution in [3.63, 3.8) is 0 Å². The maximum atomic E-state index is 5.69. The molecule has 0 saturated carbocycles. The topological polar surface area (TPSA) is 21.3 Å². The van der Waals surface area contributed by atoms with Crippen molar-refractivity contribution < 1.29 is 4.74 Å². The molecule has 2 nitrogen and oxygen atoms in total. The normalized spacial score (nSPS) is 11.1. The summed E-state index contributed by atoms with van der Waals surface area (Å²) < 4.78 is 5.69. The van der Waals surface area contributed by atoms with Gasteiger partial charge in [-0.15, -0.1) is 0 Å². The molecule has 19 heavy (non-hydrogen) atoms. The summed E-state index contributed by atoms with van der Waals surface area (Å²) in [5.74, 6) is 0.980. The van der Waals surface area contributed by atoms with Crippen molar-refractivity contribution in [1.82, 2.24) is 5.32 Å². The van der Waals surface area contributed by atoms with E-state index in [1.807, 2.05) is 0 Å². The first-order valence-electron chi connectivity index (χ1n) is 7.40. The van der Waals surface area contributed by atoms with Crippen molar-refractivity contribution >= 4 is 0 Å². The average molecular weight is 261 g/mol. The lowest BCUT2D eigenvalue weighted by Gasteiger charge is -2.07. The van der Waals surface area contributed by atoms with Gasteiger partial charge in [-0.25, -0.2) is 0 Å². The zero-order valence-corrected chi connectivity index (χ0v) is 12.3. The number of ether oxygens (including phenoxy) is 1. The largest absolute Gasteiger partial charge is 0.494 e. The minimum Gasteiger partial charge on any atom is -0.494 e. The quantitative estimate of drug-likeness (QED) is 0.500. The Kier molecular flexibility index (Phi) is 8.82. The van der Waals surface area contributed by atoms with E-state index in [9.17, 15) is 0 Å². The van der Waals surface area contributed by atoms with Crippen LogP contribution in [-0.2, 0) is 6.54 Å². The van der Waals surface area contributed by atoms with Gasteiger partial charge in [0.25, 0.3) is 0 Å². The number of hydrogen-bond acceptors (Lipinski definition) is 2. The molecule has 1 aromatic carbocycles. The molecule has 0 saturated heterocycles. The maximum absolute atomic E-state index is 5.69. The first kappa shape index (κ1) is 15.8. The summed E-state index contributed by atoms with van der Waals surface area (Å²) in [4.78, 5) is 0. The second-order valence-corrected chi connectivity index (χ2v) is 4.73. The molecule has 0 heterocycles. The van der Waals surface area contributed by atoms with E-state index in [0.29, 0.717) is 0 Å². The molecule has 0 aliphatic rings. The van der Waals surface area contributed by atoms with Crippen molar-refractivity contribution in [2.24, 2.45) is 0 Å². The molecule has 0 fully saturated rings. The Morgan fingerprint density at radius 1 is 1.16 bits per heavy atom. The summed E-state index contributed by atoms with van der Waals surface area (Å²) in [6.07, 6.45) is 8.99. The molecule has 0 spiro atoms. The lowest BCUT2D eigenvalue weighted by atomic mass is 10.2. The maximum Gasteiger partial charge on any atom is 0.119 e. The van der Waals surface area contributed by atoms with E-state index in [4.69, 9.17) is 4.74 Å². The summed E-state index contributed by atoms with van der Waals surface area (Å²) in [5.41, 5.74) is 1.31. The lowest BCUT2D eigenvalue weighted by molar-refractivity contribution is 0.306. The molecule has 0 aromatic heterocycles. The zero-order chi connectivity index (χ0) is 13.8. The molecule has 106 valence electrons. The number of unbranched alkanes of at least 4 members (excludes halogenated alkanes) is 2. The third-order valence-electron chi connectivity index (χ3n) is 2.99. The standard InChI is InChI=1S/C17H27NO/c1-3-5-7-13-18-15-16-9-11-17(12-10-16)19-14-8-6-4-2/h3,5,9-12,18H,4,6-8,13-15H2,1-2H3/b5-3+. The Hall–Kier alpha value is -1.28. The van der Waals surface area contributed by atoms with Gasteiger partial charge in [-0.2, -0.15) is 0 Å². The molecule has 1 N–H and O–H groups in total. The molecular formula is C17H27NO. The molecule has 0 amide bonds. The average Bonchev–Trinajstić information content (AvgIpc) is 2.45. The second kappa shape index (κ2) is 10.6. The van der Waals surface area contributed by atoms with Crippen molar-refractivity contribution in [3.8, 4) is 5.75 Å². The molecule has 0 aliphatic carbocycles. The summed E-state index contributed by atoms with van der Waals surface area (Å²) in [6.45, 7) is 7.04. The smallest absolute Gasteiger partial charge is 0.119 e. The van der Waals surface area contributed by atoms with Crippen LogP contribution in [0.15, 0.2) is 36.4 Å². The lowest BCUT2D eigenvalue weighted by Crippen LogP contribution is -2.13. The molecule has 0 atom stereocenters. The van der Waals surface area contributed by atoms with Crippen LogP contribution in [0.3, 0.4) is 0 Å². The highest BCUT2D eigenvalue weighted by atomic mass is 16.5. The van der Waals surface area contributed by atoms with Crippen molar-refractivity contribution in [1.29, 1.82) is 0 Å². The van der Waals surface area contributed by atoms with Crippen LogP contribution < -0.4 is 10.1 Å². The fraction of sp³-hybridized carbons (Fsp3) is 0.529. The first-order valence-corrected chi connectivity index (χ1v) is 7.40. The molecule has 1 rings (SSSR count). The van der Waals surface area contributed by atoms with E-state index in [-0.39, 0.29) is 0 Å². The van der Waals surface area contributed by atoms with Crippen molar-refractivity contribution in [2.45, 2.75) is 46.1 Å². The van der Waals surface area contributed by atoms with Gasteiger partial charge < -0.3 is 10.1 Å². The van der Waals surface area contributed by atoms with Crippen LogP contribution in [0.4, 0.5) is 0 Å². The number of allylic oxidation sites excluding steroid dienone is 1. The van der Waals surface area contributed by atoms with Crippen LogP contribution in [0.5, 0.6) is 5.75 Å². The summed E-state index contributed by atoms with van der Waals surface area (Å²) in [5, 5.41) is 3.42. The molecule has 0 radical (unpaired) electrons. The third-order valence-corrected chi connectivity index (χ3v) is 2.99. The predicted octanol–water partition coefficient (Wildman–Crippen LogP) is 4.31. The highest BCUT2D eigenvalue weighted by molar-refractivity contribution is 5.27. The Morgan fingerprint density at radius 2 is 1.95 bits per heavy atom. The van der Waals surface area contributed by atoms with Crippen LogP contribution in [0.25, 0.3) is 0 Å². The highest BCUT2D eigenvalue weighted by Gasteiger charge is 1.95. The summed E-state index contributed by atoms with van der Waals surface area (Å²) >= 11 is 0. The van der Waals surface area contributed by atoms with Gasteiger partial charge in [0.05, 0.1) is 6.61 Å². The van der Waals surface area contributed by atoms with E-state index in [2.05, 4.69) is 55.6 Å². The van der Waals surface area contributed by atoms with Crippen LogP contribution >= 0.6 is 0 Å². The number of nitrogens with one attached hydrogen (secondary N) is 1. The van der Waals surface area contributed by atoms with E-state index in [1.54, 1.807) is 0 Å². The van der Waals surface area contributed by atoms with Gasteiger partial charge >= 0.3 is 0 Å². The van der Waals surface area contributed by atoms with Gasteiger partial charge in [0.2, 0.25) is 0 Å². The Balaban J connectivity index is 2.19. The molecule has 0 aliphatic heterocycles. The number of benzene rings is 1. The SMILES string of the molecule is C/C=C/CCNCc1ccc(OCCCCC)cc1. The Bertz CT molecular complexity index is 343. The van der Waals surface area contributed by atoms with Crippen LogP contribution in [0.1, 0.15) is 45.1 Å². The van der Waals surface area contributed by atoms with E-state index >= 15 is 0 Å². The third kappa shape index (κ3) is 7.68. The fourth-order valence-electron chi connectivity index (χ4n) is 1.83. The van der Waals surface area contributed by atoms with Gasteiger partial charge in [0.15, 0.2) is 0 Å². The molecule has 0 unspecified atom stereocenters. The van der Waals surface area contributed by atoms with Gasteiger partial charge in [0, 0.05) is 6.54 Å². The van der Waals surface area contributed by atoms with Crippen LogP contribution in [0, 0.1) is 0 Å². The fourth-order valence-corrected chi connectivity index (χ4v) is 1.83. The molecule has 2 heteroatoms. The van der Waals surface area contributed by atoms with Gasteiger partial charge in [-0.1, -0.05) is 44.1 Å². The molecular weight excluding hydrogens is 234 g/mol. The van der Waals surface area contributed by atoms with Crippen molar-refractivity contribution in [3.05, 3.63) is 42.0 Å². The van der Waals surface area contributed by atoms with Gasteiger partial charge in [-0.05, 0) is 44.0 Å². The molecule has 1 aromatic rings.